The Kier molecular flexibility index (Phi) is 7.23. The molecule has 8 nitrogen and oxygen atoms in total. The van der Waals surface area contributed by atoms with Crippen molar-refractivity contribution < 1.29 is 22.7 Å². The highest BCUT2D eigenvalue weighted by Gasteiger charge is 2.37. The zero-order valence-corrected chi connectivity index (χ0v) is 20.5. The van der Waals surface area contributed by atoms with Crippen molar-refractivity contribution in [2.75, 3.05) is 18.5 Å². The number of nitrogens with zero attached hydrogens (tertiary/aromatic N) is 2. The van der Waals surface area contributed by atoms with Crippen molar-refractivity contribution >= 4 is 54.3 Å². The number of carbonyl (C=O) groups excluding carboxylic acids is 2. The predicted molar refractivity (Wildman–Crippen MR) is 127 cm³/mol. The Bertz CT molecular complexity index is 1260. The predicted octanol–water partition coefficient (Wildman–Crippen LogP) is 3.77. The van der Waals surface area contributed by atoms with Gasteiger partial charge in [0.25, 0.3) is 5.91 Å². The number of ether oxygens (including phenoxy) is 1. The van der Waals surface area contributed by atoms with Gasteiger partial charge in [-0.3, -0.25) is 14.9 Å². The highest BCUT2D eigenvalue weighted by Crippen LogP contribution is 2.36. The molecule has 1 aliphatic heterocycles. The summed E-state index contributed by atoms with van der Waals surface area (Å²) in [5, 5.41) is 2.93. The normalized spacial score (nSPS) is 16.1. The van der Waals surface area contributed by atoms with E-state index in [1.807, 2.05) is 24.3 Å². The molecule has 0 fully saturated rings. The standard InChI is InChI=1S/C22H20BrN3O5S2/c23-19-13-24-22(32-19)25-20(27)14-31-21(28)12-18-17-9-5-4-6-15(17)10-11-26(18)33(29,30)16-7-2-1-3-8-16/h1-9,13,18H,10-12,14H2,(H,24,25,27). The van der Waals surface area contributed by atoms with Crippen LogP contribution in [-0.4, -0.2) is 42.7 Å². The average molecular weight is 550 g/mol. The second-order valence-electron chi connectivity index (χ2n) is 7.28. The molecular weight excluding hydrogens is 530 g/mol. The molecule has 0 spiro atoms. The SMILES string of the molecule is O=C(COC(=O)CC1c2ccccc2CCN1S(=O)(=O)c1ccccc1)Nc1ncc(Br)s1. The van der Waals surface area contributed by atoms with Gasteiger partial charge in [0.05, 0.1) is 27.3 Å². The van der Waals surface area contributed by atoms with Crippen molar-refractivity contribution in [2.24, 2.45) is 0 Å². The molecule has 0 radical (unpaired) electrons. The average Bonchev–Trinajstić information content (AvgIpc) is 3.22. The largest absolute Gasteiger partial charge is 0.456 e. The number of thiazole rings is 1. The Morgan fingerprint density at radius 3 is 2.61 bits per heavy atom. The fourth-order valence-electron chi connectivity index (χ4n) is 3.69. The van der Waals surface area contributed by atoms with E-state index in [4.69, 9.17) is 4.74 Å². The molecule has 0 bridgehead atoms. The van der Waals surface area contributed by atoms with Gasteiger partial charge in [0.1, 0.15) is 0 Å². The molecular formula is C22H20BrN3O5S2. The summed E-state index contributed by atoms with van der Waals surface area (Å²) in [6, 6.07) is 14.9. The molecule has 11 heteroatoms. The van der Waals surface area contributed by atoms with Crippen LogP contribution >= 0.6 is 27.3 Å². The molecule has 3 aromatic rings. The Hall–Kier alpha value is -2.60. The monoisotopic (exact) mass is 549 g/mol. The van der Waals surface area contributed by atoms with E-state index in [0.717, 1.165) is 14.9 Å². The van der Waals surface area contributed by atoms with Gasteiger partial charge in [0, 0.05) is 6.54 Å². The van der Waals surface area contributed by atoms with Gasteiger partial charge in [-0.15, -0.1) is 0 Å². The minimum atomic E-state index is -3.83. The van der Waals surface area contributed by atoms with Gasteiger partial charge in [0.2, 0.25) is 10.0 Å². The second-order valence-corrected chi connectivity index (χ2v) is 11.6. The fourth-order valence-corrected chi connectivity index (χ4v) is 6.44. The lowest BCUT2D eigenvalue weighted by Gasteiger charge is -2.36. The maximum absolute atomic E-state index is 13.4. The summed E-state index contributed by atoms with van der Waals surface area (Å²) in [5.41, 5.74) is 1.75. The van der Waals surface area contributed by atoms with E-state index < -0.39 is 34.5 Å². The zero-order chi connectivity index (χ0) is 23.4. The number of hydrogen-bond acceptors (Lipinski definition) is 7. The number of benzene rings is 2. The van der Waals surface area contributed by atoms with Crippen LogP contribution in [0.1, 0.15) is 23.6 Å². The molecule has 1 atom stereocenters. The minimum absolute atomic E-state index is 0.164. The first-order chi connectivity index (χ1) is 15.8. The highest BCUT2D eigenvalue weighted by atomic mass is 79.9. The van der Waals surface area contributed by atoms with Gasteiger partial charge in [-0.1, -0.05) is 53.8 Å². The third kappa shape index (κ3) is 5.49. The van der Waals surface area contributed by atoms with E-state index in [1.54, 1.807) is 24.4 Å². The Labute approximate surface area is 203 Å². The minimum Gasteiger partial charge on any atom is -0.456 e. The first-order valence-corrected chi connectivity index (χ1v) is 13.1. The van der Waals surface area contributed by atoms with Crippen LogP contribution in [0.2, 0.25) is 0 Å². The lowest BCUT2D eigenvalue weighted by atomic mass is 9.92. The van der Waals surface area contributed by atoms with Gasteiger partial charge in [-0.05, 0) is 45.6 Å². The van der Waals surface area contributed by atoms with Crippen LogP contribution in [0.3, 0.4) is 0 Å². The summed E-state index contributed by atoms with van der Waals surface area (Å²) < 4.78 is 34.0. The summed E-state index contributed by atoms with van der Waals surface area (Å²) in [4.78, 5) is 28.9. The van der Waals surface area contributed by atoms with Crippen molar-refractivity contribution in [3.8, 4) is 0 Å². The van der Waals surface area contributed by atoms with E-state index in [9.17, 15) is 18.0 Å². The molecule has 1 aliphatic rings. The Balaban J connectivity index is 1.50. The fraction of sp³-hybridized carbons (Fsp3) is 0.227. The first kappa shape index (κ1) is 23.6. The van der Waals surface area contributed by atoms with Crippen molar-refractivity contribution in [1.29, 1.82) is 0 Å². The van der Waals surface area contributed by atoms with Crippen LogP contribution in [0, 0.1) is 0 Å². The number of sulfonamides is 1. The number of nitrogens with one attached hydrogen (secondary N) is 1. The van der Waals surface area contributed by atoms with Crippen LogP contribution in [0.4, 0.5) is 5.13 Å². The molecule has 172 valence electrons. The molecule has 0 saturated carbocycles. The maximum atomic E-state index is 13.4. The van der Waals surface area contributed by atoms with Crippen LogP contribution in [0.5, 0.6) is 0 Å². The summed E-state index contributed by atoms with van der Waals surface area (Å²) in [6.45, 7) is -0.249. The van der Waals surface area contributed by atoms with Gasteiger partial charge in [0.15, 0.2) is 11.7 Å². The van der Waals surface area contributed by atoms with Crippen LogP contribution in [0.15, 0.2) is 69.5 Å². The second kappa shape index (κ2) is 10.1. The molecule has 2 aromatic carbocycles. The first-order valence-electron chi connectivity index (χ1n) is 10.1. The number of rotatable bonds is 7. The number of aromatic nitrogens is 1. The van der Waals surface area contributed by atoms with Crippen LogP contribution in [0.25, 0.3) is 0 Å². The summed E-state index contributed by atoms with van der Waals surface area (Å²) in [5.74, 6) is -1.19. The van der Waals surface area contributed by atoms with E-state index in [-0.39, 0.29) is 17.9 Å². The van der Waals surface area contributed by atoms with Gasteiger partial charge >= 0.3 is 5.97 Å². The number of hydrogen-bond donors (Lipinski definition) is 1. The van der Waals surface area contributed by atoms with Gasteiger partial charge in [-0.25, -0.2) is 13.4 Å². The van der Waals surface area contributed by atoms with Gasteiger partial charge < -0.3 is 4.74 Å². The van der Waals surface area contributed by atoms with Crippen LogP contribution in [-0.2, 0) is 30.8 Å². The molecule has 1 unspecified atom stereocenters. The molecule has 33 heavy (non-hydrogen) atoms. The summed E-state index contributed by atoms with van der Waals surface area (Å²) >= 11 is 4.49. The van der Waals surface area contributed by atoms with Crippen molar-refractivity contribution in [2.45, 2.75) is 23.8 Å². The van der Waals surface area contributed by atoms with E-state index in [2.05, 4.69) is 26.2 Å². The molecule has 4 rings (SSSR count). The number of esters is 1. The molecule has 0 saturated heterocycles. The zero-order valence-electron chi connectivity index (χ0n) is 17.3. The third-order valence-electron chi connectivity index (χ3n) is 5.16. The molecule has 1 amide bonds. The number of fused-ring (bicyclic) bond motifs is 1. The maximum Gasteiger partial charge on any atom is 0.308 e. The van der Waals surface area contributed by atoms with Crippen LogP contribution < -0.4 is 5.32 Å². The number of amides is 1. The van der Waals surface area contributed by atoms with Crippen molar-refractivity contribution in [3.63, 3.8) is 0 Å². The highest BCUT2D eigenvalue weighted by molar-refractivity contribution is 9.11. The van der Waals surface area contributed by atoms with Crippen molar-refractivity contribution in [3.05, 3.63) is 75.7 Å². The molecule has 2 heterocycles. The molecule has 1 aromatic heterocycles. The lowest BCUT2D eigenvalue weighted by molar-refractivity contribution is -0.148. The van der Waals surface area contributed by atoms with E-state index >= 15 is 0 Å². The lowest BCUT2D eigenvalue weighted by Crippen LogP contribution is -2.41. The topological polar surface area (TPSA) is 106 Å². The van der Waals surface area contributed by atoms with E-state index in [1.165, 1.54) is 27.8 Å². The quantitative estimate of drug-likeness (QED) is 0.449. The van der Waals surface area contributed by atoms with Gasteiger partial charge in [-0.2, -0.15) is 4.31 Å². The van der Waals surface area contributed by atoms with Crippen molar-refractivity contribution in [1.82, 2.24) is 9.29 Å². The van der Waals surface area contributed by atoms with E-state index in [0.29, 0.717) is 11.6 Å². The molecule has 0 aliphatic carbocycles. The summed E-state index contributed by atoms with van der Waals surface area (Å²) in [6.07, 6.45) is 1.88. The Morgan fingerprint density at radius 2 is 1.88 bits per heavy atom. The number of carbonyl (C=O) groups is 2. The smallest absolute Gasteiger partial charge is 0.308 e. The third-order valence-corrected chi connectivity index (χ3v) is 8.48. The number of anilines is 1. The summed E-state index contributed by atoms with van der Waals surface area (Å²) in [7, 11) is -3.83. The Morgan fingerprint density at radius 1 is 1.15 bits per heavy atom. The molecule has 1 N–H and O–H groups in total. The number of halogens is 1.